The molecule has 0 saturated carbocycles. The van der Waals surface area contributed by atoms with Crippen molar-refractivity contribution in [3.63, 3.8) is 0 Å². The van der Waals surface area contributed by atoms with Gasteiger partial charge in [0, 0.05) is 24.7 Å². The van der Waals surface area contributed by atoms with Gasteiger partial charge in [-0.15, -0.1) is 5.10 Å². The quantitative estimate of drug-likeness (QED) is 0.861. The van der Waals surface area contributed by atoms with Crippen LogP contribution in [-0.4, -0.2) is 34.8 Å². The topological polar surface area (TPSA) is 76.3 Å². The summed E-state index contributed by atoms with van der Waals surface area (Å²) in [6.45, 7) is 0. The lowest BCUT2D eigenvalue weighted by molar-refractivity contribution is 0.824. The van der Waals surface area contributed by atoms with Gasteiger partial charge in [-0.2, -0.15) is 4.98 Å². The Balaban J connectivity index is 0.00000128. The molecule has 0 unspecified atom stereocenters. The molecule has 0 fully saturated rings. The molecular weight excluding hydrogens is 228 g/mol. The summed E-state index contributed by atoms with van der Waals surface area (Å²) < 4.78 is 0. The van der Waals surface area contributed by atoms with Crippen molar-refractivity contribution in [1.82, 2.24) is 15.2 Å². The molecule has 0 aliphatic carbocycles. The van der Waals surface area contributed by atoms with Gasteiger partial charge < -0.3 is 10.4 Å². The number of nitrogens with one attached hydrogen (secondary N) is 1. The lowest BCUT2D eigenvalue weighted by atomic mass is 10.2. The number of hydrogen-bond acceptors (Lipinski definition) is 3. The van der Waals surface area contributed by atoms with Crippen LogP contribution >= 0.6 is 11.6 Å². The summed E-state index contributed by atoms with van der Waals surface area (Å²) in [6.07, 6.45) is 0. The number of aromatic nitrogens is 3. The summed E-state index contributed by atoms with van der Waals surface area (Å²) in [6, 6.07) is 7.47. The van der Waals surface area contributed by atoms with Gasteiger partial charge in [0.25, 0.3) is 0 Å². The van der Waals surface area contributed by atoms with E-state index >= 15 is 0 Å². The third kappa shape index (κ3) is 2.50. The maximum Gasteiger partial charge on any atom is 0.244 e. The first-order chi connectivity index (χ1) is 7.16. The molecule has 0 spiro atoms. The predicted molar refractivity (Wildman–Crippen MR) is 64.8 cm³/mol. The van der Waals surface area contributed by atoms with Crippen molar-refractivity contribution in [3.05, 3.63) is 29.3 Å². The van der Waals surface area contributed by atoms with E-state index in [9.17, 15) is 0 Å². The molecule has 2 aromatic rings. The molecule has 1 aromatic heterocycles. The fourth-order valence-electron chi connectivity index (χ4n) is 1.19. The van der Waals surface area contributed by atoms with Crippen molar-refractivity contribution in [2.24, 2.45) is 0 Å². The molecule has 16 heavy (non-hydrogen) atoms. The van der Waals surface area contributed by atoms with Crippen molar-refractivity contribution in [2.75, 3.05) is 19.0 Å². The van der Waals surface area contributed by atoms with Gasteiger partial charge in [-0.3, -0.25) is 5.10 Å². The van der Waals surface area contributed by atoms with E-state index in [2.05, 4.69) is 15.2 Å². The van der Waals surface area contributed by atoms with E-state index in [0.717, 1.165) is 11.4 Å². The van der Waals surface area contributed by atoms with Crippen LogP contribution in [0.5, 0.6) is 0 Å². The Labute approximate surface area is 98.4 Å². The van der Waals surface area contributed by atoms with Gasteiger partial charge in [-0.05, 0) is 24.3 Å². The summed E-state index contributed by atoms with van der Waals surface area (Å²) in [5, 5.41) is 7.66. The van der Waals surface area contributed by atoms with E-state index in [1.807, 2.05) is 43.3 Å². The lowest BCUT2D eigenvalue weighted by Gasteiger charge is -2.03. The molecule has 0 bridgehead atoms. The van der Waals surface area contributed by atoms with Crippen LogP contribution in [-0.2, 0) is 0 Å². The van der Waals surface area contributed by atoms with Crippen LogP contribution < -0.4 is 4.90 Å². The minimum Gasteiger partial charge on any atom is -0.412 e. The summed E-state index contributed by atoms with van der Waals surface area (Å²) in [7, 11) is 3.80. The normalized spacial score (nSPS) is 9.69. The van der Waals surface area contributed by atoms with Crippen LogP contribution in [0.4, 0.5) is 5.95 Å². The molecule has 0 amide bonds. The Morgan fingerprint density at radius 3 is 2.31 bits per heavy atom. The second-order valence-corrected chi connectivity index (χ2v) is 3.82. The number of hydrogen-bond donors (Lipinski definition) is 1. The highest BCUT2D eigenvalue weighted by molar-refractivity contribution is 6.30. The summed E-state index contributed by atoms with van der Waals surface area (Å²) >= 11 is 5.80. The molecule has 86 valence electrons. The minimum atomic E-state index is 0. The lowest BCUT2D eigenvalue weighted by Crippen LogP contribution is -2.10. The second-order valence-electron chi connectivity index (χ2n) is 3.39. The number of rotatable bonds is 2. The van der Waals surface area contributed by atoms with Crippen molar-refractivity contribution < 1.29 is 5.48 Å². The van der Waals surface area contributed by atoms with Crippen LogP contribution in [0, 0.1) is 0 Å². The number of H-pyrrole nitrogens is 1. The Kier molecular flexibility index (Phi) is 3.87. The fourth-order valence-corrected chi connectivity index (χ4v) is 1.32. The highest BCUT2D eigenvalue weighted by Crippen LogP contribution is 2.19. The summed E-state index contributed by atoms with van der Waals surface area (Å²) in [4.78, 5) is 6.17. The monoisotopic (exact) mass is 240 g/mol. The van der Waals surface area contributed by atoms with Crippen molar-refractivity contribution >= 4 is 17.5 Å². The maximum absolute atomic E-state index is 5.80. The zero-order chi connectivity index (χ0) is 10.8. The van der Waals surface area contributed by atoms with Gasteiger partial charge in [0.1, 0.15) is 0 Å². The minimum absolute atomic E-state index is 0. The average molecular weight is 241 g/mol. The first-order valence-electron chi connectivity index (χ1n) is 4.52. The van der Waals surface area contributed by atoms with Gasteiger partial charge in [0.2, 0.25) is 5.95 Å². The molecule has 1 aromatic carbocycles. The number of nitrogens with zero attached hydrogens (tertiary/aromatic N) is 3. The number of benzene rings is 1. The van der Waals surface area contributed by atoms with E-state index in [0.29, 0.717) is 11.0 Å². The standard InChI is InChI=1S/C10H11ClN4.H2O/c1-15(2)10-12-9(13-14-10)7-3-5-8(11)6-4-7;/h3-6H,1-2H3,(H,12,13,14);1H2. The fraction of sp³-hybridized carbons (Fsp3) is 0.200. The van der Waals surface area contributed by atoms with Gasteiger partial charge in [-0.25, -0.2) is 0 Å². The second kappa shape index (κ2) is 4.96. The van der Waals surface area contributed by atoms with Crippen LogP contribution in [0.1, 0.15) is 0 Å². The zero-order valence-corrected chi connectivity index (χ0v) is 9.78. The van der Waals surface area contributed by atoms with E-state index in [1.165, 1.54) is 0 Å². The Bertz CT molecular complexity index is 452. The molecule has 3 N–H and O–H groups in total. The Hall–Kier alpha value is -1.59. The zero-order valence-electron chi connectivity index (χ0n) is 9.03. The van der Waals surface area contributed by atoms with Crippen LogP contribution in [0.2, 0.25) is 5.02 Å². The van der Waals surface area contributed by atoms with Crippen LogP contribution in [0.3, 0.4) is 0 Å². The van der Waals surface area contributed by atoms with Crippen molar-refractivity contribution in [3.8, 4) is 11.4 Å². The molecular formula is C10H13ClN4O. The van der Waals surface area contributed by atoms with E-state index in [-0.39, 0.29) is 5.48 Å². The van der Waals surface area contributed by atoms with Gasteiger partial charge in [0.15, 0.2) is 5.82 Å². The highest BCUT2D eigenvalue weighted by Gasteiger charge is 2.06. The Morgan fingerprint density at radius 2 is 1.81 bits per heavy atom. The smallest absolute Gasteiger partial charge is 0.244 e. The van der Waals surface area contributed by atoms with Gasteiger partial charge >= 0.3 is 0 Å². The highest BCUT2D eigenvalue weighted by atomic mass is 35.5. The maximum atomic E-state index is 5.80. The van der Waals surface area contributed by atoms with Gasteiger partial charge in [-0.1, -0.05) is 11.6 Å². The molecule has 0 radical (unpaired) electrons. The molecule has 0 aliphatic rings. The summed E-state index contributed by atoms with van der Waals surface area (Å²) in [5.74, 6) is 1.41. The van der Waals surface area contributed by atoms with Gasteiger partial charge in [0.05, 0.1) is 0 Å². The van der Waals surface area contributed by atoms with Crippen molar-refractivity contribution in [1.29, 1.82) is 0 Å². The number of anilines is 1. The van der Waals surface area contributed by atoms with E-state index < -0.39 is 0 Å². The third-order valence-electron chi connectivity index (χ3n) is 1.99. The van der Waals surface area contributed by atoms with Crippen LogP contribution in [0.25, 0.3) is 11.4 Å². The molecule has 5 nitrogen and oxygen atoms in total. The molecule has 1 heterocycles. The SMILES string of the molecule is CN(C)c1n[nH]c(-c2ccc(Cl)cc2)n1.O. The third-order valence-corrected chi connectivity index (χ3v) is 2.24. The molecule has 6 heteroatoms. The number of halogens is 1. The molecule has 2 rings (SSSR count). The average Bonchev–Trinajstić information content (AvgIpc) is 2.68. The molecule has 0 aliphatic heterocycles. The molecule has 0 saturated heterocycles. The predicted octanol–water partition coefficient (Wildman–Crippen LogP) is 1.37. The molecule has 0 atom stereocenters. The van der Waals surface area contributed by atoms with E-state index in [4.69, 9.17) is 11.6 Å². The number of aromatic amines is 1. The van der Waals surface area contributed by atoms with Crippen molar-refractivity contribution in [2.45, 2.75) is 0 Å². The first-order valence-corrected chi connectivity index (χ1v) is 4.90. The van der Waals surface area contributed by atoms with Crippen LogP contribution in [0.15, 0.2) is 24.3 Å². The largest absolute Gasteiger partial charge is 0.412 e. The first kappa shape index (κ1) is 12.5. The Morgan fingerprint density at radius 1 is 1.19 bits per heavy atom. The van der Waals surface area contributed by atoms with E-state index in [1.54, 1.807) is 0 Å². The summed E-state index contributed by atoms with van der Waals surface area (Å²) in [5.41, 5.74) is 0.972.